The summed E-state index contributed by atoms with van der Waals surface area (Å²) in [5, 5.41) is 12.3. The smallest absolute Gasteiger partial charge is 0.354 e. The molecule has 2 aromatic carbocycles. The van der Waals surface area contributed by atoms with Crippen molar-refractivity contribution in [3.05, 3.63) is 65.9 Å². The van der Waals surface area contributed by atoms with Crippen LogP contribution in [0.4, 0.5) is 5.69 Å². The Balaban J connectivity index is 0.000000151. The molecule has 0 saturated heterocycles. The van der Waals surface area contributed by atoms with Gasteiger partial charge in [0, 0.05) is 11.9 Å². The number of hydrogen-bond acceptors (Lipinski definition) is 5. The zero-order chi connectivity index (χ0) is 18.5. The SMILES string of the molecule is NCc1ccc2c(c1)NC(=O)CO2.O=C(O)c1ccc2ccccc2n1. The molecule has 1 aliphatic heterocycles. The molecule has 0 radical (unpaired) electrons. The van der Waals surface area contributed by atoms with E-state index in [9.17, 15) is 9.59 Å². The normalized spacial score (nSPS) is 12.3. The van der Waals surface area contributed by atoms with E-state index in [4.69, 9.17) is 15.6 Å². The van der Waals surface area contributed by atoms with E-state index in [0.717, 1.165) is 10.9 Å². The first-order valence-corrected chi connectivity index (χ1v) is 7.91. The van der Waals surface area contributed by atoms with Crippen LogP contribution >= 0.6 is 0 Å². The molecular formula is C19H17N3O4. The zero-order valence-electron chi connectivity index (χ0n) is 13.8. The fourth-order valence-electron chi connectivity index (χ4n) is 2.44. The summed E-state index contributed by atoms with van der Waals surface area (Å²) in [6.07, 6.45) is 0. The number of carboxylic acids is 1. The molecule has 0 saturated carbocycles. The van der Waals surface area contributed by atoms with Gasteiger partial charge in [0.2, 0.25) is 0 Å². The van der Waals surface area contributed by atoms with E-state index in [1.807, 2.05) is 36.4 Å². The number of para-hydroxylation sites is 1. The summed E-state index contributed by atoms with van der Waals surface area (Å²) in [7, 11) is 0. The summed E-state index contributed by atoms with van der Waals surface area (Å²) in [4.78, 5) is 25.5. The second-order valence-electron chi connectivity index (χ2n) is 5.57. The highest BCUT2D eigenvalue weighted by Crippen LogP contribution is 2.28. The van der Waals surface area contributed by atoms with Gasteiger partial charge in [0.05, 0.1) is 11.2 Å². The number of nitrogens with one attached hydrogen (secondary N) is 1. The number of carboxylic acid groups (broad SMARTS) is 1. The number of amides is 1. The number of rotatable bonds is 2. The minimum absolute atomic E-state index is 0.0821. The highest BCUT2D eigenvalue weighted by Gasteiger charge is 2.15. The van der Waals surface area contributed by atoms with Crippen LogP contribution in [0.3, 0.4) is 0 Å². The summed E-state index contributed by atoms with van der Waals surface area (Å²) in [5.74, 6) is -0.413. The first-order valence-electron chi connectivity index (χ1n) is 7.91. The Morgan fingerprint density at radius 1 is 1.19 bits per heavy atom. The molecule has 0 atom stereocenters. The lowest BCUT2D eigenvalue weighted by atomic mass is 10.1. The third-order valence-corrected chi connectivity index (χ3v) is 3.73. The second-order valence-corrected chi connectivity index (χ2v) is 5.57. The van der Waals surface area contributed by atoms with Crippen LogP contribution in [0, 0.1) is 0 Å². The van der Waals surface area contributed by atoms with Crippen LogP contribution in [0.25, 0.3) is 10.9 Å². The lowest BCUT2D eigenvalue weighted by Crippen LogP contribution is -2.25. The number of nitrogens with zero attached hydrogens (tertiary/aromatic N) is 1. The summed E-state index contributed by atoms with van der Waals surface area (Å²) in [6, 6.07) is 16.2. The number of carbonyl (C=O) groups excluding carboxylic acids is 1. The van der Waals surface area contributed by atoms with Crippen molar-refractivity contribution in [2.75, 3.05) is 11.9 Å². The minimum atomic E-state index is -0.995. The summed E-state index contributed by atoms with van der Waals surface area (Å²) < 4.78 is 5.18. The van der Waals surface area contributed by atoms with Gasteiger partial charge in [0.15, 0.2) is 6.61 Å². The van der Waals surface area contributed by atoms with Gasteiger partial charge in [-0.25, -0.2) is 9.78 Å². The molecule has 1 aliphatic rings. The average Bonchev–Trinajstić information content (AvgIpc) is 2.67. The molecule has 0 aliphatic carbocycles. The second kappa shape index (κ2) is 7.62. The fraction of sp³-hybridized carbons (Fsp3) is 0.105. The van der Waals surface area contributed by atoms with Crippen molar-refractivity contribution in [1.29, 1.82) is 0 Å². The van der Waals surface area contributed by atoms with Crippen molar-refractivity contribution in [2.24, 2.45) is 5.73 Å². The Morgan fingerprint density at radius 2 is 2.00 bits per heavy atom. The molecule has 1 aromatic heterocycles. The van der Waals surface area contributed by atoms with Gasteiger partial charge < -0.3 is 20.9 Å². The maximum absolute atomic E-state index is 11.0. The molecule has 0 bridgehead atoms. The number of fused-ring (bicyclic) bond motifs is 2. The van der Waals surface area contributed by atoms with Crippen molar-refractivity contribution in [3.8, 4) is 5.75 Å². The van der Waals surface area contributed by atoms with Gasteiger partial charge in [-0.1, -0.05) is 30.3 Å². The first-order chi connectivity index (χ1) is 12.6. The van der Waals surface area contributed by atoms with E-state index >= 15 is 0 Å². The number of aromatic nitrogens is 1. The standard InChI is InChI=1S/C10H7NO2.C9H10N2O2/c12-10(13)9-6-5-7-3-1-2-4-8(7)11-9;10-4-6-1-2-8-7(3-6)11-9(12)5-13-8/h1-6H,(H,12,13);1-3H,4-5,10H2,(H,11,12). The molecule has 132 valence electrons. The molecule has 7 heteroatoms. The number of benzene rings is 2. The lowest BCUT2D eigenvalue weighted by Gasteiger charge is -2.18. The average molecular weight is 351 g/mol. The number of carbonyl (C=O) groups is 2. The van der Waals surface area contributed by atoms with Crippen LogP contribution in [0.5, 0.6) is 5.75 Å². The maximum atomic E-state index is 11.0. The number of aromatic carboxylic acids is 1. The highest BCUT2D eigenvalue weighted by atomic mass is 16.5. The topological polar surface area (TPSA) is 115 Å². The number of pyridine rings is 1. The van der Waals surface area contributed by atoms with E-state index in [2.05, 4.69) is 10.3 Å². The minimum Gasteiger partial charge on any atom is -0.482 e. The Morgan fingerprint density at radius 3 is 2.77 bits per heavy atom. The van der Waals surface area contributed by atoms with E-state index in [0.29, 0.717) is 23.5 Å². The summed E-state index contributed by atoms with van der Waals surface area (Å²) in [5.41, 5.74) is 7.94. The Kier molecular flexibility index (Phi) is 5.09. The molecule has 26 heavy (non-hydrogen) atoms. The van der Waals surface area contributed by atoms with Gasteiger partial charge >= 0.3 is 5.97 Å². The van der Waals surface area contributed by atoms with Crippen LogP contribution < -0.4 is 15.8 Å². The largest absolute Gasteiger partial charge is 0.482 e. The van der Waals surface area contributed by atoms with Crippen molar-refractivity contribution in [3.63, 3.8) is 0 Å². The molecule has 4 N–H and O–H groups in total. The van der Waals surface area contributed by atoms with Gasteiger partial charge in [0.25, 0.3) is 5.91 Å². The molecule has 0 unspecified atom stereocenters. The molecule has 7 nitrogen and oxygen atoms in total. The molecule has 0 spiro atoms. The van der Waals surface area contributed by atoms with Gasteiger partial charge in [0.1, 0.15) is 11.4 Å². The van der Waals surface area contributed by atoms with Crippen molar-refractivity contribution in [2.45, 2.75) is 6.54 Å². The Hall–Kier alpha value is -3.45. The van der Waals surface area contributed by atoms with Crippen LogP contribution in [-0.4, -0.2) is 28.6 Å². The molecule has 3 aromatic rings. The predicted molar refractivity (Wildman–Crippen MR) is 97.2 cm³/mol. The number of nitrogens with two attached hydrogens (primary N) is 1. The Bertz CT molecular complexity index is 972. The lowest BCUT2D eigenvalue weighted by molar-refractivity contribution is -0.118. The van der Waals surface area contributed by atoms with Crippen molar-refractivity contribution < 1.29 is 19.4 Å². The molecule has 1 amide bonds. The number of ether oxygens (including phenoxy) is 1. The summed E-state index contributed by atoms with van der Waals surface area (Å²) in [6.45, 7) is 0.554. The molecular weight excluding hydrogens is 334 g/mol. The van der Waals surface area contributed by atoms with Crippen LogP contribution in [-0.2, 0) is 11.3 Å². The van der Waals surface area contributed by atoms with Gasteiger partial charge in [-0.05, 0) is 29.8 Å². The monoisotopic (exact) mass is 351 g/mol. The third kappa shape index (κ3) is 3.96. The van der Waals surface area contributed by atoms with Crippen LogP contribution in [0.15, 0.2) is 54.6 Å². The van der Waals surface area contributed by atoms with Gasteiger partial charge in [-0.2, -0.15) is 0 Å². The van der Waals surface area contributed by atoms with Crippen molar-refractivity contribution in [1.82, 2.24) is 4.98 Å². The van der Waals surface area contributed by atoms with Crippen LogP contribution in [0.1, 0.15) is 16.1 Å². The highest BCUT2D eigenvalue weighted by molar-refractivity contribution is 5.95. The predicted octanol–water partition coefficient (Wildman–Crippen LogP) is 2.41. The maximum Gasteiger partial charge on any atom is 0.354 e. The quantitative estimate of drug-likeness (QED) is 0.653. The number of hydrogen-bond donors (Lipinski definition) is 3. The molecule has 0 fully saturated rings. The summed E-state index contributed by atoms with van der Waals surface area (Å²) >= 11 is 0. The van der Waals surface area contributed by atoms with E-state index < -0.39 is 5.97 Å². The van der Waals surface area contributed by atoms with Gasteiger partial charge in [-0.3, -0.25) is 4.79 Å². The third-order valence-electron chi connectivity index (χ3n) is 3.73. The molecule has 2 heterocycles. The number of anilines is 1. The first kappa shape index (κ1) is 17.4. The van der Waals surface area contributed by atoms with Gasteiger partial charge in [-0.15, -0.1) is 0 Å². The van der Waals surface area contributed by atoms with Crippen LogP contribution in [0.2, 0.25) is 0 Å². The van der Waals surface area contributed by atoms with E-state index in [-0.39, 0.29) is 18.2 Å². The Labute approximate surface area is 149 Å². The fourth-order valence-corrected chi connectivity index (χ4v) is 2.44. The van der Waals surface area contributed by atoms with Crippen molar-refractivity contribution >= 4 is 28.5 Å². The van der Waals surface area contributed by atoms with E-state index in [1.165, 1.54) is 6.07 Å². The van der Waals surface area contributed by atoms with E-state index in [1.54, 1.807) is 12.1 Å². The zero-order valence-corrected chi connectivity index (χ0v) is 13.8. The molecule has 4 rings (SSSR count).